The number of fused-ring (bicyclic) bond motifs is 4. The highest BCUT2D eigenvalue weighted by atomic mass is 35.5. The average Bonchev–Trinajstić information content (AvgIpc) is 3.51. The fraction of sp³-hybridized carbons (Fsp3) is 0.222. The summed E-state index contributed by atoms with van der Waals surface area (Å²) >= 11 is 5.90. The van der Waals surface area contributed by atoms with E-state index in [4.69, 9.17) is 25.5 Å². The predicted octanol–water partition coefficient (Wildman–Crippen LogP) is 5.27. The molecular formula is C27H22ClN3O6. The highest BCUT2D eigenvalue weighted by Gasteiger charge is 2.30. The van der Waals surface area contributed by atoms with Crippen molar-refractivity contribution in [3.05, 3.63) is 85.8 Å². The monoisotopic (exact) mass is 519 g/mol. The van der Waals surface area contributed by atoms with Gasteiger partial charge >= 0.3 is 5.97 Å². The third kappa shape index (κ3) is 4.01. The van der Waals surface area contributed by atoms with E-state index in [-0.39, 0.29) is 23.1 Å². The number of ether oxygens (including phenoxy) is 2. The molecule has 0 radical (unpaired) electrons. The minimum absolute atomic E-state index is 0.0847. The van der Waals surface area contributed by atoms with Gasteiger partial charge in [0.2, 0.25) is 12.7 Å². The number of nitrogens with zero attached hydrogens (tertiary/aromatic N) is 2. The Morgan fingerprint density at radius 1 is 1.16 bits per heavy atom. The molecule has 37 heavy (non-hydrogen) atoms. The summed E-state index contributed by atoms with van der Waals surface area (Å²) in [6, 6.07) is 11.8. The zero-order chi connectivity index (χ0) is 25.8. The van der Waals surface area contributed by atoms with Gasteiger partial charge in [-0.1, -0.05) is 23.7 Å². The maximum absolute atomic E-state index is 13.2. The van der Waals surface area contributed by atoms with Gasteiger partial charge in [-0.2, -0.15) is 0 Å². The molecule has 0 bridgehead atoms. The van der Waals surface area contributed by atoms with Gasteiger partial charge in [-0.3, -0.25) is 4.79 Å². The van der Waals surface area contributed by atoms with Crippen molar-refractivity contribution in [1.82, 2.24) is 4.98 Å². The van der Waals surface area contributed by atoms with Crippen LogP contribution in [0.3, 0.4) is 0 Å². The highest BCUT2D eigenvalue weighted by Crippen LogP contribution is 2.43. The van der Waals surface area contributed by atoms with Crippen LogP contribution in [0.25, 0.3) is 11.0 Å². The van der Waals surface area contributed by atoms with Gasteiger partial charge in [0, 0.05) is 23.7 Å². The summed E-state index contributed by atoms with van der Waals surface area (Å²) in [5, 5.41) is 13.3. The second-order valence-corrected chi connectivity index (χ2v) is 9.56. The SMILES string of the molecule is Cc1cc([C@@H](C)Nc2ccc(Cl)nc2C(=O)O)c2oc(N3Cc4ccc5c(c4C3)OCO5)cc(=O)c2c1. The number of rotatable bonds is 5. The van der Waals surface area contributed by atoms with Crippen LogP contribution in [-0.4, -0.2) is 22.9 Å². The fourth-order valence-electron chi connectivity index (χ4n) is 4.93. The number of carbonyl (C=O) groups is 1. The van der Waals surface area contributed by atoms with Crippen LogP contribution in [0.4, 0.5) is 11.6 Å². The molecule has 2 aliphatic rings. The van der Waals surface area contributed by atoms with Gasteiger partial charge in [-0.25, -0.2) is 9.78 Å². The lowest BCUT2D eigenvalue weighted by Gasteiger charge is -2.21. The molecule has 6 rings (SSSR count). The number of carboxylic acids is 1. The molecule has 0 spiro atoms. The smallest absolute Gasteiger partial charge is 0.356 e. The van der Waals surface area contributed by atoms with E-state index in [0.717, 1.165) is 33.8 Å². The Bertz CT molecular complexity index is 1650. The Kier molecular flexibility index (Phi) is 5.45. The predicted molar refractivity (Wildman–Crippen MR) is 138 cm³/mol. The van der Waals surface area contributed by atoms with Crippen LogP contribution >= 0.6 is 11.6 Å². The van der Waals surface area contributed by atoms with Gasteiger partial charge < -0.3 is 29.2 Å². The molecule has 2 aliphatic heterocycles. The van der Waals surface area contributed by atoms with Gasteiger partial charge in [0.25, 0.3) is 0 Å². The second-order valence-electron chi connectivity index (χ2n) is 9.17. The Balaban J connectivity index is 1.39. The topological polar surface area (TPSA) is 114 Å². The minimum Gasteiger partial charge on any atom is -0.476 e. The number of aryl methyl sites for hydroxylation is 1. The van der Waals surface area contributed by atoms with Crippen LogP contribution in [0, 0.1) is 6.92 Å². The minimum atomic E-state index is -1.20. The quantitative estimate of drug-likeness (QED) is 0.340. The fourth-order valence-corrected chi connectivity index (χ4v) is 5.07. The van der Waals surface area contributed by atoms with Crippen molar-refractivity contribution in [2.45, 2.75) is 33.0 Å². The molecule has 188 valence electrons. The Hall–Kier alpha value is -4.24. The van der Waals surface area contributed by atoms with Crippen molar-refractivity contribution < 1.29 is 23.8 Å². The summed E-state index contributed by atoms with van der Waals surface area (Å²) in [4.78, 5) is 30.9. The number of aromatic nitrogens is 1. The maximum Gasteiger partial charge on any atom is 0.356 e. The number of anilines is 2. The van der Waals surface area contributed by atoms with Crippen LogP contribution in [0.1, 0.15) is 45.7 Å². The first kappa shape index (κ1) is 23.2. The normalized spacial score (nSPS) is 14.6. The zero-order valence-electron chi connectivity index (χ0n) is 20.0. The van der Waals surface area contributed by atoms with Crippen LogP contribution in [0.2, 0.25) is 5.15 Å². The molecule has 4 aromatic rings. The van der Waals surface area contributed by atoms with Gasteiger partial charge in [0.15, 0.2) is 22.6 Å². The van der Waals surface area contributed by atoms with E-state index < -0.39 is 12.0 Å². The molecule has 0 fully saturated rings. The molecule has 10 heteroatoms. The van der Waals surface area contributed by atoms with Crippen LogP contribution in [0.15, 0.2) is 51.7 Å². The lowest BCUT2D eigenvalue weighted by Crippen LogP contribution is -2.18. The Morgan fingerprint density at radius 3 is 2.81 bits per heavy atom. The molecule has 2 aromatic carbocycles. The van der Waals surface area contributed by atoms with E-state index in [1.54, 1.807) is 12.1 Å². The number of carboxylic acid groups (broad SMARTS) is 1. The molecule has 2 aromatic heterocycles. The van der Waals surface area contributed by atoms with Crippen molar-refractivity contribution in [2.24, 2.45) is 0 Å². The number of pyridine rings is 1. The van der Waals surface area contributed by atoms with E-state index in [1.165, 1.54) is 12.1 Å². The van der Waals surface area contributed by atoms with Gasteiger partial charge in [-0.15, -0.1) is 0 Å². The molecule has 0 aliphatic carbocycles. The lowest BCUT2D eigenvalue weighted by atomic mass is 10.0. The first-order valence-corrected chi connectivity index (χ1v) is 12.1. The van der Waals surface area contributed by atoms with Crippen LogP contribution in [-0.2, 0) is 13.1 Å². The summed E-state index contributed by atoms with van der Waals surface area (Å²) in [5.74, 6) is 0.700. The van der Waals surface area contributed by atoms with Crippen molar-refractivity contribution in [3.8, 4) is 11.5 Å². The third-order valence-corrected chi connectivity index (χ3v) is 6.86. The van der Waals surface area contributed by atoms with Gasteiger partial charge in [0.05, 0.1) is 23.7 Å². The molecule has 0 amide bonds. The Labute approximate surface area is 216 Å². The van der Waals surface area contributed by atoms with E-state index in [2.05, 4.69) is 10.3 Å². The number of benzene rings is 2. The summed E-state index contributed by atoms with van der Waals surface area (Å²) in [5.41, 5.74) is 4.10. The summed E-state index contributed by atoms with van der Waals surface area (Å²) in [6.45, 7) is 5.04. The molecule has 9 nitrogen and oxygen atoms in total. The largest absolute Gasteiger partial charge is 0.476 e. The first-order valence-electron chi connectivity index (χ1n) is 11.7. The zero-order valence-corrected chi connectivity index (χ0v) is 20.8. The number of halogens is 1. The number of hydrogen-bond donors (Lipinski definition) is 2. The third-order valence-electron chi connectivity index (χ3n) is 6.65. The molecule has 0 unspecified atom stereocenters. The van der Waals surface area contributed by atoms with Crippen LogP contribution in [0.5, 0.6) is 11.5 Å². The second kappa shape index (κ2) is 8.70. The van der Waals surface area contributed by atoms with E-state index in [0.29, 0.717) is 35.6 Å². The van der Waals surface area contributed by atoms with Crippen molar-refractivity contribution in [2.75, 3.05) is 17.0 Å². The molecule has 0 saturated heterocycles. The summed E-state index contributed by atoms with van der Waals surface area (Å²) in [7, 11) is 0. The summed E-state index contributed by atoms with van der Waals surface area (Å²) in [6.07, 6.45) is 0. The number of hydrogen-bond acceptors (Lipinski definition) is 8. The average molecular weight is 520 g/mol. The molecule has 2 N–H and O–H groups in total. The maximum atomic E-state index is 13.2. The molecule has 4 heterocycles. The van der Waals surface area contributed by atoms with Crippen LogP contribution < -0.4 is 25.1 Å². The van der Waals surface area contributed by atoms with E-state index in [1.807, 2.05) is 36.9 Å². The molecular weight excluding hydrogens is 498 g/mol. The van der Waals surface area contributed by atoms with E-state index in [9.17, 15) is 14.7 Å². The van der Waals surface area contributed by atoms with Gasteiger partial charge in [-0.05, 0) is 49.2 Å². The summed E-state index contributed by atoms with van der Waals surface area (Å²) < 4.78 is 17.6. The lowest BCUT2D eigenvalue weighted by molar-refractivity contribution is 0.0691. The number of aromatic carboxylic acids is 1. The van der Waals surface area contributed by atoms with E-state index >= 15 is 0 Å². The van der Waals surface area contributed by atoms with Crippen molar-refractivity contribution >= 4 is 40.1 Å². The van der Waals surface area contributed by atoms with Gasteiger partial charge in [0.1, 0.15) is 10.7 Å². The Morgan fingerprint density at radius 2 is 2.00 bits per heavy atom. The van der Waals surface area contributed by atoms with Crippen molar-refractivity contribution in [1.29, 1.82) is 0 Å². The molecule has 0 saturated carbocycles. The van der Waals surface area contributed by atoms with Crippen molar-refractivity contribution in [3.63, 3.8) is 0 Å². The standard InChI is InChI=1S/C27H22ClN3O6/c1-13-7-16(14(2)29-19-4-6-22(28)30-24(19)27(33)34)25-17(8-13)20(32)9-23(37-25)31-10-15-3-5-21-26(18(15)11-31)36-12-35-21/h3-9,14,29H,10-12H2,1-2H3,(H,33,34)/t14-/m1/s1. The molecule has 1 atom stereocenters. The number of nitrogens with one attached hydrogen (secondary N) is 1. The highest BCUT2D eigenvalue weighted by molar-refractivity contribution is 6.29. The first-order chi connectivity index (χ1) is 17.8.